The number of benzene rings is 1. The molecule has 0 saturated heterocycles. The molecule has 0 radical (unpaired) electrons. The van der Waals surface area contributed by atoms with Crippen LogP contribution < -0.4 is 9.47 Å². The van der Waals surface area contributed by atoms with Gasteiger partial charge in [-0.15, -0.1) is 0 Å². The topological polar surface area (TPSA) is 35.5 Å². The third-order valence-electron chi connectivity index (χ3n) is 5.58. The maximum absolute atomic E-state index is 10.8. The van der Waals surface area contributed by atoms with E-state index in [1.54, 1.807) is 19.2 Å². The monoisotopic (exact) mass is 404 g/mol. The molecule has 1 aromatic carbocycles. The predicted octanol–water partition coefficient (Wildman–Crippen LogP) is 8.15. The van der Waals surface area contributed by atoms with Gasteiger partial charge in [-0.1, -0.05) is 103 Å². The van der Waals surface area contributed by atoms with Gasteiger partial charge < -0.3 is 9.47 Å². The van der Waals surface area contributed by atoms with Gasteiger partial charge in [-0.2, -0.15) is 0 Å². The first-order valence-electron chi connectivity index (χ1n) is 12.1. The second-order valence-corrected chi connectivity index (χ2v) is 8.18. The maximum Gasteiger partial charge on any atom is 0.161 e. The van der Waals surface area contributed by atoms with Crippen LogP contribution in [0.1, 0.15) is 120 Å². The molecule has 0 aliphatic heterocycles. The van der Waals surface area contributed by atoms with Gasteiger partial charge >= 0.3 is 0 Å². The quantitative estimate of drug-likeness (QED) is 0.162. The Morgan fingerprint density at radius 1 is 0.690 bits per heavy atom. The molecule has 166 valence electrons. The van der Waals surface area contributed by atoms with Crippen molar-refractivity contribution in [2.75, 3.05) is 13.7 Å². The van der Waals surface area contributed by atoms with Crippen molar-refractivity contribution in [2.24, 2.45) is 0 Å². The summed E-state index contributed by atoms with van der Waals surface area (Å²) in [5.41, 5.74) is 0.608. The van der Waals surface area contributed by atoms with E-state index in [4.69, 9.17) is 9.47 Å². The van der Waals surface area contributed by atoms with Crippen LogP contribution in [0.25, 0.3) is 0 Å². The molecule has 3 heteroatoms. The molecule has 1 rings (SSSR count). The van der Waals surface area contributed by atoms with E-state index in [0.29, 0.717) is 17.9 Å². The van der Waals surface area contributed by atoms with Crippen LogP contribution in [-0.4, -0.2) is 20.0 Å². The van der Waals surface area contributed by atoms with Crippen molar-refractivity contribution in [3.63, 3.8) is 0 Å². The fourth-order valence-electron chi connectivity index (χ4n) is 3.71. The smallest absolute Gasteiger partial charge is 0.161 e. The van der Waals surface area contributed by atoms with E-state index in [1.807, 2.05) is 6.07 Å². The summed E-state index contributed by atoms with van der Waals surface area (Å²) < 4.78 is 11.1. The summed E-state index contributed by atoms with van der Waals surface area (Å²) in [7, 11) is 1.60. The maximum atomic E-state index is 10.8. The van der Waals surface area contributed by atoms with Gasteiger partial charge in [-0.05, 0) is 24.6 Å². The minimum absolute atomic E-state index is 0.608. The van der Waals surface area contributed by atoms with Gasteiger partial charge in [0.15, 0.2) is 11.5 Å². The van der Waals surface area contributed by atoms with E-state index in [2.05, 4.69) is 6.92 Å². The number of rotatable bonds is 20. The van der Waals surface area contributed by atoms with Gasteiger partial charge in [0.25, 0.3) is 0 Å². The molecule has 29 heavy (non-hydrogen) atoms. The largest absolute Gasteiger partial charge is 0.493 e. The Labute approximate surface area is 179 Å². The highest BCUT2D eigenvalue weighted by atomic mass is 16.5. The molecular formula is C26H44O3. The minimum atomic E-state index is 0.608. The Morgan fingerprint density at radius 3 is 1.62 bits per heavy atom. The number of carbonyl (C=O) groups is 1. The zero-order valence-corrected chi connectivity index (χ0v) is 19.1. The molecule has 0 fully saturated rings. The van der Waals surface area contributed by atoms with Crippen LogP contribution in [0.2, 0.25) is 0 Å². The van der Waals surface area contributed by atoms with Crippen LogP contribution >= 0.6 is 0 Å². The third-order valence-corrected chi connectivity index (χ3v) is 5.58. The summed E-state index contributed by atoms with van der Waals surface area (Å²) in [6.07, 6.45) is 22.7. The van der Waals surface area contributed by atoms with Crippen molar-refractivity contribution in [1.29, 1.82) is 0 Å². The van der Waals surface area contributed by atoms with Crippen LogP contribution in [0.3, 0.4) is 0 Å². The Balaban J connectivity index is 1.86. The van der Waals surface area contributed by atoms with E-state index in [1.165, 1.54) is 96.3 Å². The Hall–Kier alpha value is -1.51. The summed E-state index contributed by atoms with van der Waals surface area (Å²) >= 11 is 0. The summed E-state index contributed by atoms with van der Waals surface area (Å²) in [5, 5.41) is 0. The van der Waals surface area contributed by atoms with Gasteiger partial charge in [0.2, 0.25) is 0 Å². The third kappa shape index (κ3) is 13.4. The number of ether oxygens (including phenoxy) is 2. The van der Waals surface area contributed by atoms with Crippen LogP contribution in [0.4, 0.5) is 0 Å². The van der Waals surface area contributed by atoms with Crippen molar-refractivity contribution in [2.45, 2.75) is 110 Å². The van der Waals surface area contributed by atoms with Crippen molar-refractivity contribution < 1.29 is 14.3 Å². The van der Waals surface area contributed by atoms with E-state index in [9.17, 15) is 4.79 Å². The van der Waals surface area contributed by atoms with Gasteiger partial charge in [-0.3, -0.25) is 4.79 Å². The first-order valence-corrected chi connectivity index (χ1v) is 12.1. The second kappa shape index (κ2) is 18.5. The molecule has 0 spiro atoms. The van der Waals surface area contributed by atoms with Crippen LogP contribution in [-0.2, 0) is 0 Å². The van der Waals surface area contributed by atoms with E-state index in [0.717, 1.165) is 18.5 Å². The van der Waals surface area contributed by atoms with Gasteiger partial charge in [0, 0.05) is 5.56 Å². The lowest BCUT2D eigenvalue weighted by molar-refractivity contribution is 0.112. The molecule has 0 bridgehead atoms. The zero-order chi connectivity index (χ0) is 21.0. The molecular weight excluding hydrogens is 360 g/mol. The molecule has 1 aromatic rings. The molecule has 0 atom stereocenters. The van der Waals surface area contributed by atoms with Crippen molar-refractivity contribution in [3.05, 3.63) is 23.8 Å². The van der Waals surface area contributed by atoms with Crippen molar-refractivity contribution in [1.82, 2.24) is 0 Å². The Kier molecular flexibility index (Phi) is 16.3. The number of aldehydes is 1. The summed E-state index contributed by atoms with van der Waals surface area (Å²) in [4.78, 5) is 10.8. The van der Waals surface area contributed by atoms with Crippen LogP contribution in [0.15, 0.2) is 18.2 Å². The normalized spacial score (nSPS) is 10.8. The van der Waals surface area contributed by atoms with Crippen molar-refractivity contribution in [3.8, 4) is 11.5 Å². The fraction of sp³-hybridized carbons (Fsp3) is 0.731. The van der Waals surface area contributed by atoms with Crippen molar-refractivity contribution >= 4 is 6.29 Å². The molecule has 0 aliphatic carbocycles. The number of methoxy groups -OCH3 is 1. The zero-order valence-electron chi connectivity index (χ0n) is 19.1. The second-order valence-electron chi connectivity index (χ2n) is 8.18. The Bertz CT molecular complexity index is 513. The van der Waals surface area contributed by atoms with Crippen LogP contribution in [0, 0.1) is 0 Å². The average molecular weight is 405 g/mol. The molecule has 0 saturated carbocycles. The number of hydrogen-bond acceptors (Lipinski definition) is 3. The molecule has 0 aromatic heterocycles. The SMILES string of the molecule is CCCCCCCCCCCCCCCCCCOc1ccc(C=O)cc1OC. The molecule has 0 aliphatic rings. The highest BCUT2D eigenvalue weighted by Crippen LogP contribution is 2.27. The highest BCUT2D eigenvalue weighted by Gasteiger charge is 2.05. The van der Waals surface area contributed by atoms with E-state index < -0.39 is 0 Å². The average Bonchev–Trinajstić information content (AvgIpc) is 2.75. The Morgan fingerprint density at radius 2 is 1.17 bits per heavy atom. The highest BCUT2D eigenvalue weighted by molar-refractivity contribution is 5.76. The molecule has 0 amide bonds. The number of unbranched alkanes of at least 4 members (excludes halogenated alkanes) is 15. The lowest BCUT2D eigenvalue weighted by Crippen LogP contribution is -2.00. The fourth-order valence-corrected chi connectivity index (χ4v) is 3.71. The lowest BCUT2D eigenvalue weighted by Gasteiger charge is -2.11. The molecule has 0 heterocycles. The van der Waals surface area contributed by atoms with Gasteiger partial charge in [0.1, 0.15) is 6.29 Å². The van der Waals surface area contributed by atoms with Crippen LogP contribution in [0.5, 0.6) is 11.5 Å². The summed E-state index contributed by atoms with van der Waals surface area (Å²) in [5.74, 6) is 1.35. The summed E-state index contributed by atoms with van der Waals surface area (Å²) in [6.45, 7) is 2.99. The van der Waals surface area contributed by atoms with Gasteiger partial charge in [0.05, 0.1) is 13.7 Å². The summed E-state index contributed by atoms with van der Waals surface area (Å²) in [6, 6.07) is 5.30. The standard InChI is InChI=1S/C26H44O3/c1-3-4-5-6-7-8-9-10-11-12-13-14-15-16-17-18-21-29-25-20-19-24(23-27)22-26(25)28-2/h19-20,22-23H,3-18,21H2,1-2H3. The molecule has 3 nitrogen and oxygen atoms in total. The minimum Gasteiger partial charge on any atom is -0.493 e. The number of hydrogen-bond donors (Lipinski definition) is 0. The molecule has 0 N–H and O–H groups in total. The first-order chi connectivity index (χ1) is 14.3. The predicted molar refractivity (Wildman–Crippen MR) is 123 cm³/mol. The lowest BCUT2D eigenvalue weighted by atomic mass is 10.0. The van der Waals surface area contributed by atoms with Gasteiger partial charge in [-0.25, -0.2) is 0 Å². The van der Waals surface area contributed by atoms with E-state index in [-0.39, 0.29) is 0 Å². The first kappa shape index (κ1) is 25.5. The number of carbonyl (C=O) groups excluding carboxylic acids is 1. The van der Waals surface area contributed by atoms with E-state index >= 15 is 0 Å². The molecule has 0 unspecified atom stereocenters.